The van der Waals surface area contributed by atoms with Crippen molar-refractivity contribution < 1.29 is 0 Å². The van der Waals surface area contributed by atoms with E-state index >= 15 is 0 Å². The molecular weight excluding hydrogens is 302 g/mol. The third kappa shape index (κ3) is 3.04. The van der Waals surface area contributed by atoms with Crippen LogP contribution in [0.25, 0.3) is 0 Å². The Bertz CT molecular complexity index is 391. The van der Waals surface area contributed by atoms with Gasteiger partial charge in [-0.25, -0.2) is 0 Å². The number of rotatable bonds is 4. The largest absolute Gasteiger partial charge is 0.311 e. The van der Waals surface area contributed by atoms with Crippen molar-refractivity contribution in [2.45, 2.75) is 38.1 Å². The molecule has 1 saturated carbocycles. The van der Waals surface area contributed by atoms with E-state index in [1.807, 2.05) is 18.7 Å². The molecule has 0 saturated heterocycles. The second kappa shape index (κ2) is 5.72. The monoisotopic (exact) mass is 319 g/mol. The first-order valence-electron chi connectivity index (χ1n) is 6.12. The molecule has 1 aromatic rings. The molecule has 17 heavy (non-hydrogen) atoms. The first kappa shape index (κ1) is 13.4. The van der Waals surface area contributed by atoms with Crippen LogP contribution in [0.2, 0.25) is 0 Å². The zero-order chi connectivity index (χ0) is 12.4. The maximum Gasteiger partial charge on any atom is 0.0739 e. The maximum atomic E-state index is 6.26. The highest BCUT2D eigenvalue weighted by molar-refractivity contribution is 9.10. The highest BCUT2D eigenvalue weighted by atomic mass is 79.9. The van der Waals surface area contributed by atoms with Crippen LogP contribution in [0.15, 0.2) is 4.47 Å². The summed E-state index contributed by atoms with van der Waals surface area (Å²) in [7, 11) is 1.98. The highest BCUT2D eigenvalue weighted by Crippen LogP contribution is 2.29. The predicted octanol–water partition coefficient (Wildman–Crippen LogP) is 2.99. The minimum atomic E-state index is 0.360. The molecule has 0 bridgehead atoms. The van der Waals surface area contributed by atoms with Crippen LogP contribution in [-0.2, 0) is 13.6 Å². The van der Waals surface area contributed by atoms with Crippen molar-refractivity contribution in [1.82, 2.24) is 15.1 Å². The molecule has 0 spiro atoms. The number of halogens is 2. The van der Waals surface area contributed by atoms with E-state index in [9.17, 15) is 0 Å². The molecule has 1 aromatic heterocycles. The molecule has 1 heterocycles. The molecule has 2 unspecified atom stereocenters. The first-order valence-corrected chi connectivity index (χ1v) is 7.35. The van der Waals surface area contributed by atoms with Gasteiger partial charge in [0, 0.05) is 19.0 Å². The summed E-state index contributed by atoms with van der Waals surface area (Å²) in [6.45, 7) is 3.86. The van der Waals surface area contributed by atoms with Gasteiger partial charge in [0.1, 0.15) is 0 Å². The molecule has 5 heteroatoms. The summed E-state index contributed by atoms with van der Waals surface area (Å²) >= 11 is 9.84. The van der Waals surface area contributed by atoms with Crippen LogP contribution in [0.5, 0.6) is 0 Å². The molecule has 2 rings (SSSR count). The van der Waals surface area contributed by atoms with Crippen LogP contribution in [0, 0.1) is 12.8 Å². The summed E-state index contributed by atoms with van der Waals surface area (Å²) in [6.07, 6.45) is 3.70. The minimum Gasteiger partial charge on any atom is -0.311 e. The normalized spacial score (nSPS) is 24.5. The Hall–Kier alpha value is -0.0600. The Labute approximate surface area is 116 Å². The second-order valence-electron chi connectivity index (χ2n) is 4.81. The van der Waals surface area contributed by atoms with Crippen molar-refractivity contribution in [3.8, 4) is 0 Å². The molecule has 96 valence electrons. The maximum absolute atomic E-state index is 6.26. The van der Waals surface area contributed by atoms with E-state index in [1.165, 1.54) is 25.0 Å². The van der Waals surface area contributed by atoms with Gasteiger partial charge in [-0.1, -0.05) is 6.42 Å². The van der Waals surface area contributed by atoms with Crippen molar-refractivity contribution in [2.24, 2.45) is 13.0 Å². The van der Waals surface area contributed by atoms with Crippen LogP contribution in [0.1, 0.15) is 30.7 Å². The minimum absolute atomic E-state index is 0.360. The fraction of sp³-hybridized carbons (Fsp3) is 0.750. The van der Waals surface area contributed by atoms with Crippen molar-refractivity contribution in [3.05, 3.63) is 15.9 Å². The van der Waals surface area contributed by atoms with Crippen molar-refractivity contribution in [1.29, 1.82) is 0 Å². The van der Waals surface area contributed by atoms with Crippen molar-refractivity contribution in [3.63, 3.8) is 0 Å². The lowest BCUT2D eigenvalue weighted by Gasteiger charge is -2.14. The average molecular weight is 321 g/mol. The molecule has 1 aliphatic carbocycles. The van der Waals surface area contributed by atoms with E-state index < -0.39 is 0 Å². The molecule has 0 aliphatic heterocycles. The molecule has 2 atom stereocenters. The predicted molar refractivity (Wildman–Crippen MR) is 74.3 cm³/mol. The summed E-state index contributed by atoms with van der Waals surface area (Å²) in [5.41, 5.74) is 2.24. The molecule has 0 aromatic carbocycles. The van der Waals surface area contributed by atoms with E-state index in [-0.39, 0.29) is 0 Å². The lowest BCUT2D eigenvalue weighted by atomic mass is 10.1. The smallest absolute Gasteiger partial charge is 0.0739 e. The highest BCUT2D eigenvalue weighted by Gasteiger charge is 2.24. The summed E-state index contributed by atoms with van der Waals surface area (Å²) in [5, 5.41) is 8.23. The Balaban J connectivity index is 1.85. The number of nitrogens with one attached hydrogen (secondary N) is 1. The average Bonchev–Trinajstić information content (AvgIpc) is 2.78. The molecule has 1 N–H and O–H groups in total. The van der Waals surface area contributed by atoms with Gasteiger partial charge in [-0.05, 0) is 48.2 Å². The van der Waals surface area contributed by atoms with Gasteiger partial charge in [0.05, 0.1) is 15.9 Å². The van der Waals surface area contributed by atoms with Crippen molar-refractivity contribution in [2.75, 3.05) is 6.54 Å². The fourth-order valence-corrected chi connectivity index (χ4v) is 3.32. The van der Waals surface area contributed by atoms with Crippen LogP contribution in [-0.4, -0.2) is 21.7 Å². The van der Waals surface area contributed by atoms with Gasteiger partial charge in [0.2, 0.25) is 0 Å². The second-order valence-corrected chi connectivity index (χ2v) is 6.16. The molecule has 0 radical (unpaired) electrons. The third-order valence-electron chi connectivity index (χ3n) is 3.53. The van der Waals surface area contributed by atoms with Gasteiger partial charge in [-0.2, -0.15) is 5.10 Å². The number of aromatic nitrogens is 2. The van der Waals surface area contributed by atoms with Crippen LogP contribution >= 0.6 is 27.5 Å². The lowest BCUT2D eigenvalue weighted by molar-refractivity contribution is 0.485. The Kier molecular flexibility index (Phi) is 4.50. The van der Waals surface area contributed by atoms with E-state index in [1.54, 1.807) is 0 Å². The SMILES string of the molecule is Cc1nn(C)c(CNCC2CCCC2Cl)c1Br. The first-order chi connectivity index (χ1) is 8.09. The summed E-state index contributed by atoms with van der Waals surface area (Å²) in [4.78, 5) is 0. The molecular formula is C12H19BrClN3. The van der Waals surface area contributed by atoms with E-state index in [2.05, 4.69) is 26.3 Å². The number of aryl methyl sites for hydroxylation is 2. The van der Waals surface area contributed by atoms with Crippen LogP contribution in [0.4, 0.5) is 0 Å². The quantitative estimate of drug-likeness (QED) is 0.864. The summed E-state index contributed by atoms with van der Waals surface area (Å²) in [5.74, 6) is 0.629. The zero-order valence-electron chi connectivity index (χ0n) is 10.3. The molecule has 0 amide bonds. The summed E-state index contributed by atoms with van der Waals surface area (Å²) in [6, 6.07) is 0. The Morgan fingerprint density at radius 1 is 1.53 bits per heavy atom. The van der Waals surface area contributed by atoms with Crippen LogP contribution in [0.3, 0.4) is 0 Å². The summed E-state index contributed by atoms with van der Waals surface area (Å²) < 4.78 is 3.04. The Morgan fingerprint density at radius 2 is 2.29 bits per heavy atom. The van der Waals surface area contributed by atoms with E-state index in [0.29, 0.717) is 11.3 Å². The number of hydrogen-bond donors (Lipinski definition) is 1. The number of nitrogens with zero attached hydrogens (tertiary/aromatic N) is 2. The van der Waals surface area contributed by atoms with E-state index in [4.69, 9.17) is 11.6 Å². The van der Waals surface area contributed by atoms with Gasteiger partial charge in [0.25, 0.3) is 0 Å². The lowest BCUT2D eigenvalue weighted by Crippen LogP contribution is -2.26. The van der Waals surface area contributed by atoms with Crippen LogP contribution < -0.4 is 5.32 Å². The van der Waals surface area contributed by atoms with Crippen molar-refractivity contribution >= 4 is 27.5 Å². The van der Waals surface area contributed by atoms with Gasteiger partial charge in [0.15, 0.2) is 0 Å². The topological polar surface area (TPSA) is 29.9 Å². The standard InChI is InChI=1S/C12H19BrClN3/c1-8-12(13)11(17(2)16-8)7-15-6-9-4-3-5-10(9)14/h9-10,15H,3-7H2,1-2H3. The number of hydrogen-bond acceptors (Lipinski definition) is 2. The molecule has 1 aliphatic rings. The van der Waals surface area contributed by atoms with Gasteiger partial charge in [-0.3, -0.25) is 4.68 Å². The van der Waals surface area contributed by atoms with E-state index in [0.717, 1.165) is 23.3 Å². The van der Waals surface area contributed by atoms with Gasteiger partial charge < -0.3 is 5.32 Å². The van der Waals surface area contributed by atoms with Gasteiger partial charge >= 0.3 is 0 Å². The molecule has 3 nitrogen and oxygen atoms in total. The third-order valence-corrected chi connectivity index (χ3v) is 5.13. The zero-order valence-corrected chi connectivity index (χ0v) is 12.7. The number of alkyl halides is 1. The van der Waals surface area contributed by atoms with Gasteiger partial charge in [-0.15, -0.1) is 11.6 Å². The Morgan fingerprint density at radius 3 is 2.82 bits per heavy atom. The molecule has 1 fully saturated rings. The fourth-order valence-electron chi connectivity index (χ4n) is 2.47.